The van der Waals surface area contributed by atoms with Crippen molar-refractivity contribution < 1.29 is 28.4 Å². The molecule has 0 aromatic heterocycles. The number of amides is 4. The number of thioether (sulfide) groups is 1. The van der Waals surface area contributed by atoms with Gasteiger partial charge in [-0.3, -0.25) is 9.59 Å². The third-order valence-corrected chi connectivity index (χ3v) is 7.46. The summed E-state index contributed by atoms with van der Waals surface area (Å²) in [5.41, 5.74) is 0.593. The van der Waals surface area contributed by atoms with Gasteiger partial charge >= 0.3 is 11.9 Å². The highest BCUT2D eigenvalue weighted by Crippen LogP contribution is 2.35. The van der Waals surface area contributed by atoms with Gasteiger partial charge in [0.05, 0.1) is 19.8 Å². The summed E-state index contributed by atoms with van der Waals surface area (Å²) in [4.78, 5) is 48.8. The van der Waals surface area contributed by atoms with Crippen LogP contribution in [0.15, 0.2) is 28.2 Å². The summed E-state index contributed by atoms with van der Waals surface area (Å²) in [6.07, 6.45) is 5.36. The standard InChI is InChI=1S/C23H25N5O5S/c1-27-20-18(22(30)28(2)23(27)31)21(26-19(25-20)13-6-4-3-5-7-13)34-11-17(29)24-14-8-9-15-16(10-14)33-12-32-15/h8-10,13,18H,3-7,11-12H2,1-2H3/p+1. The van der Waals surface area contributed by atoms with E-state index in [0.717, 1.165) is 30.6 Å². The predicted octanol–water partition coefficient (Wildman–Crippen LogP) is 2.73. The minimum atomic E-state index is -0.789. The molecule has 1 N–H and O–H groups in total. The van der Waals surface area contributed by atoms with Gasteiger partial charge in [-0.05, 0) is 25.0 Å². The zero-order chi connectivity index (χ0) is 23.8. The Morgan fingerprint density at radius 1 is 1.18 bits per heavy atom. The van der Waals surface area contributed by atoms with Crippen molar-refractivity contribution in [3.05, 3.63) is 18.2 Å². The number of imide groups is 1. The van der Waals surface area contributed by atoms with E-state index < -0.39 is 11.9 Å². The molecule has 4 aliphatic rings. The Hall–Kier alpha value is -3.21. The van der Waals surface area contributed by atoms with Crippen LogP contribution in [0.5, 0.6) is 11.5 Å². The number of carbonyl (C=O) groups is 3. The van der Waals surface area contributed by atoms with Gasteiger partial charge in [0.1, 0.15) is 5.04 Å². The largest absolute Gasteiger partial charge is 0.454 e. The van der Waals surface area contributed by atoms with Crippen LogP contribution >= 0.6 is 11.8 Å². The van der Waals surface area contributed by atoms with Crippen molar-refractivity contribution in [2.75, 3.05) is 32.0 Å². The summed E-state index contributed by atoms with van der Waals surface area (Å²) in [6.45, 7) is 0.160. The smallest absolute Gasteiger partial charge is 0.445 e. The van der Waals surface area contributed by atoms with Gasteiger partial charge in [0.25, 0.3) is 5.84 Å². The number of hydrogen-bond acceptors (Lipinski definition) is 8. The lowest BCUT2D eigenvalue weighted by Crippen LogP contribution is -2.55. The van der Waals surface area contributed by atoms with Crippen LogP contribution in [0, 0.1) is 11.8 Å². The Kier molecular flexibility index (Phi) is 6.11. The molecular formula is C23H26N5O5S+. The average molecular weight is 485 g/mol. The summed E-state index contributed by atoms with van der Waals surface area (Å²) in [5, 5.41) is 3.35. The lowest BCUT2D eigenvalue weighted by molar-refractivity contribution is -0.407. The SMILES string of the molecule is CN1C(=O)C2C(SCC(=O)Nc3ccc4c(c3)OCO4)=NC(C3CCCCC3)=NC2=[N+](C)C1=O. The summed E-state index contributed by atoms with van der Waals surface area (Å²) < 4.78 is 12.1. The fraction of sp³-hybridized carbons (Fsp3) is 0.478. The second-order valence-electron chi connectivity index (χ2n) is 8.69. The number of benzene rings is 1. The zero-order valence-electron chi connectivity index (χ0n) is 19.1. The summed E-state index contributed by atoms with van der Waals surface area (Å²) in [6, 6.07) is 4.78. The molecule has 0 spiro atoms. The average Bonchev–Trinajstić information content (AvgIpc) is 3.33. The van der Waals surface area contributed by atoms with Crippen LogP contribution in [0.1, 0.15) is 32.1 Å². The Morgan fingerprint density at radius 2 is 1.94 bits per heavy atom. The Labute approximate surface area is 201 Å². The molecule has 10 nitrogen and oxygen atoms in total. The van der Waals surface area contributed by atoms with Crippen LogP contribution in [-0.2, 0) is 9.59 Å². The van der Waals surface area contributed by atoms with Gasteiger partial charge in [-0.25, -0.2) is 9.79 Å². The van der Waals surface area contributed by atoms with E-state index in [1.54, 1.807) is 25.2 Å². The molecular weight excluding hydrogens is 458 g/mol. The van der Waals surface area contributed by atoms with Gasteiger partial charge in [0.15, 0.2) is 17.4 Å². The number of nitrogens with one attached hydrogen (secondary N) is 1. The first-order chi connectivity index (χ1) is 16.4. The van der Waals surface area contributed by atoms with Crippen molar-refractivity contribution in [1.82, 2.24) is 4.90 Å². The van der Waals surface area contributed by atoms with E-state index in [2.05, 4.69) is 10.3 Å². The third-order valence-electron chi connectivity index (χ3n) is 6.43. The highest BCUT2D eigenvalue weighted by atomic mass is 32.2. The van der Waals surface area contributed by atoms with Crippen molar-refractivity contribution in [2.45, 2.75) is 32.1 Å². The number of hydrogen-bond donors (Lipinski definition) is 1. The van der Waals surface area contributed by atoms with Gasteiger partial charge in [-0.2, -0.15) is 9.48 Å². The van der Waals surface area contributed by atoms with Crippen LogP contribution in [0.2, 0.25) is 0 Å². The lowest BCUT2D eigenvalue weighted by Gasteiger charge is -2.28. The number of urea groups is 1. The minimum absolute atomic E-state index is 0.0592. The molecule has 5 rings (SSSR count). The predicted molar refractivity (Wildman–Crippen MR) is 128 cm³/mol. The number of amidine groups is 2. The maximum atomic E-state index is 13.0. The van der Waals surface area contributed by atoms with E-state index in [-0.39, 0.29) is 30.3 Å². The van der Waals surface area contributed by atoms with Crippen LogP contribution < -0.4 is 14.8 Å². The van der Waals surface area contributed by atoms with E-state index in [1.807, 2.05) is 0 Å². The summed E-state index contributed by atoms with van der Waals surface area (Å²) >= 11 is 1.21. The molecule has 3 aliphatic heterocycles. The minimum Gasteiger partial charge on any atom is -0.454 e. The third kappa shape index (κ3) is 4.20. The summed E-state index contributed by atoms with van der Waals surface area (Å²) in [5.74, 6) is 1.11. The molecule has 0 radical (unpaired) electrons. The van der Waals surface area contributed by atoms with Crippen LogP contribution in [0.25, 0.3) is 0 Å². The molecule has 0 saturated heterocycles. The van der Waals surface area contributed by atoms with Crippen molar-refractivity contribution >= 4 is 52.0 Å². The van der Waals surface area contributed by atoms with E-state index in [4.69, 9.17) is 14.5 Å². The van der Waals surface area contributed by atoms with Gasteiger partial charge in [-0.1, -0.05) is 36.0 Å². The number of nitrogens with zero attached hydrogens (tertiary/aromatic N) is 4. The fourth-order valence-corrected chi connectivity index (χ4v) is 5.44. The molecule has 178 valence electrons. The maximum Gasteiger partial charge on any atom is 0.445 e. The monoisotopic (exact) mass is 484 g/mol. The van der Waals surface area contributed by atoms with Gasteiger partial charge < -0.3 is 14.8 Å². The van der Waals surface area contributed by atoms with Gasteiger partial charge in [0, 0.05) is 17.7 Å². The second-order valence-corrected chi connectivity index (χ2v) is 9.69. The fourth-order valence-electron chi connectivity index (χ4n) is 4.56. The van der Waals surface area contributed by atoms with Crippen LogP contribution in [-0.4, -0.2) is 70.7 Å². The summed E-state index contributed by atoms with van der Waals surface area (Å²) in [7, 11) is 3.07. The molecule has 34 heavy (non-hydrogen) atoms. The van der Waals surface area contributed by atoms with E-state index >= 15 is 0 Å². The van der Waals surface area contributed by atoms with E-state index in [0.29, 0.717) is 33.9 Å². The Balaban J connectivity index is 1.36. The number of ether oxygens (including phenoxy) is 2. The molecule has 1 saturated carbocycles. The molecule has 1 aromatic carbocycles. The van der Waals surface area contributed by atoms with Crippen molar-refractivity contribution in [3.8, 4) is 11.5 Å². The maximum absolute atomic E-state index is 13.0. The normalized spacial score (nSPS) is 22.4. The van der Waals surface area contributed by atoms with E-state index in [1.165, 1.54) is 29.8 Å². The topological polar surface area (TPSA) is 113 Å². The molecule has 1 fully saturated rings. The molecule has 4 amide bonds. The number of fused-ring (bicyclic) bond motifs is 2. The lowest BCUT2D eigenvalue weighted by atomic mass is 9.88. The zero-order valence-corrected chi connectivity index (χ0v) is 19.9. The molecule has 3 heterocycles. The number of aliphatic imine (C=N–C) groups is 2. The number of anilines is 1. The molecule has 11 heteroatoms. The van der Waals surface area contributed by atoms with Gasteiger partial charge in [-0.15, -0.1) is 0 Å². The van der Waals surface area contributed by atoms with Crippen LogP contribution in [0.3, 0.4) is 0 Å². The highest BCUT2D eigenvalue weighted by molar-refractivity contribution is 8.14. The number of carbonyl (C=O) groups excluding carboxylic acids is 3. The first-order valence-corrected chi connectivity index (χ1v) is 12.3. The molecule has 1 aliphatic carbocycles. The van der Waals surface area contributed by atoms with Crippen molar-refractivity contribution in [2.24, 2.45) is 21.8 Å². The Morgan fingerprint density at radius 3 is 2.74 bits per heavy atom. The highest BCUT2D eigenvalue weighted by Gasteiger charge is 2.49. The first kappa shape index (κ1) is 22.6. The Bertz CT molecular complexity index is 1150. The van der Waals surface area contributed by atoms with E-state index in [9.17, 15) is 14.4 Å². The first-order valence-electron chi connectivity index (χ1n) is 11.3. The van der Waals surface area contributed by atoms with Crippen LogP contribution in [0.4, 0.5) is 10.5 Å². The van der Waals surface area contributed by atoms with Crippen molar-refractivity contribution in [1.29, 1.82) is 0 Å². The molecule has 1 aromatic rings. The number of rotatable bonds is 4. The second kappa shape index (κ2) is 9.21. The quantitative estimate of drug-likeness (QED) is 0.658. The molecule has 1 atom stereocenters. The molecule has 1 unspecified atom stereocenters. The van der Waals surface area contributed by atoms with Gasteiger partial charge in [0.2, 0.25) is 18.5 Å². The van der Waals surface area contributed by atoms with Crippen molar-refractivity contribution in [3.63, 3.8) is 0 Å². The molecule has 0 bridgehead atoms.